The molecule has 2 heterocycles. The van der Waals surface area contributed by atoms with Crippen LogP contribution in [0.4, 0.5) is 0 Å². The molecular weight excluding hydrogens is 412 g/mol. The van der Waals surface area contributed by atoms with Crippen molar-refractivity contribution in [2.75, 3.05) is 7.11 Å². The van der Waals surface area contributed by atoms with E-state index in [1.807, 2.05) is 108 Å². The number of aromatic nitrogens is 2. The highest BCUT2D eigenvalue weighted by Crippen LogP contribution is 2.33. The van der Waals surface area contributed by atoms with Gasteiger partial charge in [0.05, 0.1) is 12.8 Å². The first kappa shape index (κ1) is 20.6. The molecule has 5 nitrogen and oxygen atoms in total. The lowest BCUT2D eigenvalue weighted by Gasteiger charge is -2.11. The zero-order chi connectivity index (χ0) is 22.5. The summed E-state index contributed by atoms with van der Waals surface area (Å²) in [6.07, 6.45) is 3.96. The maximum atomic E-state index is 6.06. The molecule has 0 atom stereocenters. The van der Waals surface area contributed by atoms with Gasteiger partial charge in [0.25, 0.3) is 0 Å². The molecule has 0 amide bonds. The summed E-state index contributed by atoms with van der Waals surface area (Å²) in [6, 6.07) is 29.9. The first-order valence-electron chi connectivity index (χ1n) is 10.8. The predicted octanol–water partition coefficient (Wildman–Crippen LogP) is 6.17. The number of hydrogen-bond acceptors (Lipinski definition) is 4. The van der Waals surface area contributed by atoms with Crippen LogP contribution in [-0.2, 0) is 13.2 Å². The number of benzene rings is 3. The average Bonchev–Trinajstić information content (AvgIpc) is 3.32. The molecular formula is C28H24N2O3. The second-order valence-corrected chi connectivity index (χ2v) is 7.64. The second kappa shape index (κ2) is 9.49. The smallest absolute Gasteiger partial charge is 0.180 e. The molecule has 0 fully saturated rings. The number of hydrogen-bond donors (Lipinski definition) is 0. The van der Waals surface area contributed by atoms with Gasteiger partial charge in [-0.2, -0.15) is 0 Å². The highest BCUT2D eigenvalue weighted by Gasteiger charge is 2.12. The molecule has 5 rings (SSSR count). The van der Waals surface area contributed by atoms with Crippen molar-refractivity contribution in [2.45, 2.75) is 13.2 Å². The average molecular weight is 437 g/mol. The summed E-state index contributed by atoms with van der Waals surface area (Å²) in [5.41, 5.74) is 4.76. The van der Waals surface area contributed by atoms with E-state index in [0.717, 1.165) is 33.8 Å². The first-order valence-corrected chi connectivity index (χ1v) is 10.8. The molecule has 164 valence electrons. The Hall–Kier alpha value is -4.25. The number of ether oxygens (including phenoxy) is 3. The Morgan fingerprint density at radius 1 is 0.697 bits per heavy atom. The Labute approximate surface area is 192 Å². The number of fused-ring (bicyclic) bond motifs is 1. The maximum Gasteiger partial charge on any atom is 0.180 e. The van der Waals surface area contributed by atoms with Gasteiger partial charge >= 0.3 is 0 Å². The Bertz CT molecular complexity index is 1350. The number of nitrogens with zero attached hydrogens (tertiary/aromatic N) is 2. The van der Waals surface area contributed by atoms with E-state index in [9.17, 15) is 0 Å². The van der Waals surface area contributed by atoms with Crippen LogP contribution in [0.3, 0.4) is 0 Å². The topological polar surface area (TPSA) is 45.0 Å². The van der Waals surface area contributed by atoms with E-state index in [4.69, 9.17) is 19.2 Å². The Kier molecular flexibility index (Phi) is 5.93. The molecule has 2 aromatic heterocycles. The lowest BCUT2D eigenvalue weighted by molar-refractivity contribution is 0.284. The van der Waals surface area contributed by atoms with Crippen LogP contribution in [0, 0.1) is 0 Å². The molecule has 0 radical (unpaired) electrons. The van der Waals surface area contributed by atoms with Gasteiger partial charge in [-0.15, -0.1) is 0 Å². The van der Waals surface area contributed by atoms with Crippen molar-refractivity contribution in [1.29, 1.82) is 0 Å². The van der Waals surface area contributed by atoms with Crippen LogP contribution in [-0.4, -0.2) is 16.5 Å². The molecule has 0 saturated carbocycles. The summed E-state index contributed by atoms with van der Waals surface area (Å²) in [5, 5.41) is 0. The van der Waals surface area contributed by atoms with Crippen molar-refractivity contribution in [2.24, 2.45) is 0 Å². The van der Waals surface area contributed by atoms with E-state index in [2.05, 4.69) is 0 Å². The Balaban J connectivity index is 1.38. The fourth-order valence-electron chi connectivity index (χ4n) is 3.66. The summed E-state index contributed by atoms with van der Waals surface area (Å²) in [4.78, 5) is 4.84. The van der Waals surface area contributed by atoms with Crippen molar-refractivity contribution < 1.29 is 14.2 Å². The fraction of sp³-hybridized carbons (Fsp3) is 0.107. The van der Waals surface area contributed by atoms with Gasteiger partial charge in [0.2, 0.25) is 0 Å². The van der Waals surface area contributed by atoms with Gasteiger partial charge in [-0.25, -0.2) is 4.98 Å². The van der Waals surface area contributed by atoms with E-state index in [1.165, 1.54) is 0 Å². The summed E-state index contributed by atoms with van der Waals surface area (Å²) in [7, 11) is 1.65. The number of imidazole rings is 1. The van der Waals surface area contributed by atoms with E-state index < -0.39 is 0 Å². The molecule has 0 aliphatic rings. The first-order chi connectivity index (χ1) is 16.3. The minimum absolute atomic E-state index is 0.479. The van der Waals surface area contributed by atoms with Gasteiger partial charge in [-0.3, -0.25) is 0 Å². The van der Waals surface area contributed by atoms with Crippen LogP contribution < -0.4 is 14.2 Å². The van der Waals surface area contributed by atoms with Crippen molar-refractivity contribution in [1.82, 2.24) is 9.38 Å². The highest BCUT2D eigenvalue weighted by molar-refractivity contribution is 5.68. The van der Waals surface area contributed by atoms with Gasteiger partial charge < -0.3 is 18.6 Å². The summed E-state index contributed by atoms with van der Waals surface area (Å²) >= 11 is 0. The van der Waals surface area contributed by atoms with Crippen LogP contribution in [0.25, 0.3) is 16.9 Å². The maximum absolute atomic E-state index is 6.06. The van der Waals surface area contributed by atoms with E-state index in [0.29, 0.717) is 24.7 Å². The zero-order valence-electron chi connectivity index (χ0n) is 18.3. The molecule has 33 heavy (non-hydrogen) atoms. The Morgan fingerprint density at radius 2 is 1.36 bits per heavy atom. The van der Waals surface area contributed by atoms with Gasteiger partial charge in [-0.05, 0) is 41.5 Å². The SMILES string of the molecule is COc1cc(-c2cn3cccc(OCc4ccccc4)c3n2)ccc1OCc1ccccc1. The van der Waals surface area contributed by atoms with Crippen molar-refractivity contribution in [3.05, 3.63) is 115 Å². The monoisotopic (exact) mass is 436 g/mol. The van der Waals surface area contributed by atoms with Crippen LogP contribution >= 0.6 is 0 Å². The minimum Gasteiger partial charge on any atom is -0.493 e. The van der Waals surface area contributed by atoms with Crippen LogP contribution in [0.5, 0.6) is 17.2 Å². The lowest BCUT2D eigenvalue weighted by atomic mass is 10.1. The quantitative estimate of drug-likeness (QED) is 0.292. The molecule has 0 bridgehead atoms. The predicted molar refractivity (Wildman–Crippen MR) is 129 cm³/mol. The standard InChI is InChI=1S/C28H24N2O3/c1-31-27-17-23(14-15-25(27)32-19-21-9-4-2-5-10-21)24-18-30-16-8-13-26(28(30)29-24)33-20-22-11-6-3-7-12-22/h2-18H,19-20H2,1H3. The van der Waals surface area contributed by atoms with E-state index in [-0.39, 0.29) is 0 Å². The highest BCUT2D eigenvalue weighted by atomic mass is 16.5. The van der Waals surface area contributed by atoms with Crippen molar-refractivity contribution >= 4 is 5.65 Å². The fourth-order valence-corrected chi connectivity index (χ4v) is 3.66. The number of rotatable bonds is 8. The van der Waals surface area contributed by atoms with E-state index in [1.54, 1.807) is 7.11 Å². The molecule has 3 aromatic carbocycles. The van der Waals surface area contributed by atoms with Crippen molar-refractivity contribution in [3.63, 3.8) is 0 Å². The lowest BCUT2D eigenvalue weighted by Crippen LogP contribution is -1.97. The van der Waals surface area contributed by atoms with Gasteiger partial charge in [-0.1, -0.05) is 60.7 Å². The van der Waals surface area contributed by atoms with Gasteiger partial charge in [0.1, 0.15) is 13.2 Å². The van der Waals surface area contributed by atoms with Gasteiger partial charge in [0.15, 0.2) is 22.9 Å². The molecule has 0 aliphatic carbocycles. The summed E-state index contributed by atoms with van der Waals surface area (Å²) < 4.78 is 19.6. The largest absolute Gasteiger partial charge is 0.493 e. The zero-order valence-corrected chi connectivity index (χ0v) is 18.3. The van der Waals surface area contributed by atoms with Crippen LogP contribution in [0.2, 0.25) is 0 Å². The van der Waals surface area contributed by atoms with Crippen LogP contribution in [0.15, 0.2) is 103 Å². The molecule has 5 heteroatoms. The number of pyridine rings is 1. The number of methoxy groups -OCH3 is 1. The van der Waals surface area contributed by atoms with Crippen molar-refractivity contribution in [3.8, 4) is 28.5 Å². The summed E-state index contributed by atoms with van der Waals surface area (Å²) in [6.45, 7) is 0.969. The second-order valence-electron chi connectivity index (χ2n) is 7.64. The molecule has 0 saturated heterocycles. The third-order valence-corrected chi connectivity index (χ3v) is 5.38. The molecule has 0 N–H and O–H groups in total. The Morgan fingerprint density at radius 3 is 2.03 bits per heavy atom. The minimum atomic E-state index is 0.479. The van der Waals surface area contributed by atoms with E-state index >= 15 is 0 Å². The third kappa shape index (κ3) is 4.67. The molecule has 0 spiro atoms. The van der Waals surface area contributed by atoms with Crippen LogP contribution in [0.1, 0.15) is 11.1 Å². The summed E-state index contributed by atoms with van der Waals surface area (Å²) in [5.74, 6) is 2.10. The third-order valence-electron chi connectivity index (χ3n) is 5.38. The molecule has 0 aliphatic heterocycles. The van der Waals surface area contributed by atoms with Gasteiger partial charge in [0, 0.05) is 18.0 Å². The molecule has 0 unspecified atom stereocenters. The normalized spacial score (nSPS) is 10.8. The molecule has 5 aromatic rings.